The standard InChI is InChI=1S/C19H25BrN2O2/c1-13(2)22(15-7-3-4-8-15)19(24)14-11-18(23)21(12-14)17-10-6-5-9-16(17)20/h5-6,9-10,13-15H,3-4,7-8,11-12H2,1-2H3. The minimum atomic E-state index is -0.229. The zero-order valence-electron chi connectivity index (χ0n) is 14.4. The molecule has 130 valence electrons. The molecule has 0 N–H and O–H groups in total. The molecule has 1 aromatic carbocycles. The van der Waals surface area contributed by atoms with Gasteiger partial charge in [-0.3, -0.25) is 9.59 Å². The smallest absolute Gasteiger partial charge is 0.228 e. The SMILES string of the molecule is CC(C)N(C(=O)C1CC(=O)N(c2ccccc2Br)C1)C1CCCC1. The van der Waals surface area contributed by atoms with Crippen LogP contribution in [0.4, 0.5) is 5.69 Å². The highest BCUT2D eigenvalue weighted by Gasteiger charge is 2.40. The highest BCUT2D eigenvalue weighted by Crippen LogP contribution is 2.33. The van der Waals surface area contributed by atoms with Gasteiger partial charge in [0.05, 0.1) is 11.6 Å². The number of carbonyl (C=O) groups excluding carboxylic acids is 2. The predicted octanol–water partition coefficient (Wildman–Crippen LogP) is 3.98. The monoisotopic (exact) mass is 392 g/mol. The van der Waals surface area contributed by atoms with Crippen LogP contribution >= 0.6 is 15.9 Å². The Morgan fingerprint density at radius 1 is 1.25 bits per heavy atom. The molecular formula is C19H25BrN2O2. The largest absolute Gasteiger partial charge is 0.337 e. The van der Waals surface area contributed by atoms with Crippen LogP contribution in [0.15, 0.2) is 28.7 Å². The molecule has 1 saturated heterocycles. The molecule has 5 heteroatoms. The Morgan fingerprint density at radius 2 is 1.92 bits per heavy atom. The maximum atomic E-state index is 13.1. The number of hydrogen-bond acceptors (Lipinski definition) is 2. The van der Waals surface area contributed by atoms with E-state index in [9.17, 15) is 9.59 Å². The van der Waals surface area contributed by atoms with Crippen LogP contribution in [0.25, 0.3) is 0 Å². The van der Waals surface area contributed by atoms with Crippen LogP contribution in [0, 0.1) is 5.92 Å². The number of amides is 2. The predicted molar refractivity (Wildman–Crippen MR) is 98.8 cm³/mol. The Kier molecular flexibility index (Phi) is 5.28. The van der Waals surface area contributed by atoms with Crippen LogP contribution in [-0.2, 0) is 9.59 Å². The van der Waals surface area contributed by atoms with E-state index in [1.807, 2.05) is 24.3 Å². The fourth-order valence-corrected chi connectivity index (χ4v) is 4.52. The molecule has 1 atom stereocenters. The van der Waals surface area contributed by atoms with Crippen molar-refractivity contribution >= 4 is 33.4 Å². The van der Waals surface area contributed by atoms with E-state index >= 15 is 0 Å². The summed E-state index contributed by atoms with van der Waals surface area (Å²) >= 11 is 3.51. The summed E-state index contributed by atoms with van der Waals surface area (Å²) in [6.07, 6.45) is 4.91. The van der Waals surface area contributed by atoms with Crippen LogP contribution in [0.3, 0.4) is 0 Å². The van der Waals surface area contributed by atoms with E-state index in [1.165, 1.54) is 12.8 Å². The first-order valence-corrected chi connectivity index (χ1v) is 9.65. The molecule has 1 aromatic rings. The molecule has 24 heavy (non-hydrogen) atoms. The van der Waals surface area contributed by atoms with E-state index in [4.69, 9.17) is 0 Å². The third-order valence-electron chi connectivity index (χ3n) is 5.15. The van der Waals surface area contributed by atoms with E-state index < -0.39 is 0 Å². The topological polar surface area (TPSA) is 40.6 Å². The third kappa shape index (κ3) is 3.37. The van der Waals surface area contributed by atoms with Crippen LogP contribution in [0.2, 0.25) is 0 Å². The van der Waals surface area contributed by atoms with Crippen LogP contribution < -0.4 is 4.90 Å². The number of rotatable bonds is 4. The van der Waals surface area contributed by atoms with E-state index in [0.717, 1.165) is 23.0 Å². The Labute approximate surface area is 152 Å². The highest BCUT2D eigenvalue weighted by atomic mass is 79.9. The van der Waals surface area contributed by atoms with Crippen LogP contribution in [0.1, 0.15) is 46.0 Å². The number of hydrogen-bond donors (Lipinski definition) is 0. The van der Waals surface area contributed by atoms with Gasteiger partial charge >= 0.3 is 0 Å². The molecule has 1 heterocycles. The Balaban J connectivity index is 1.77. The molecule has 1 unspecified atom stereocenters. The van der Waals surface area contributed by atoms with Gasteiger partial charge in [-0.1, -0.05) is 25.0 Å². The van der Waals surface area contributed by atoms with Crippen molar-refractivity contribution in [2.75, 3.05) is 11.4 Å². The van der Waals surface area contributed by atoms with Crippen LogP contribution in [-0.4, -0.2) is 35.3 Å². The fourth-order valence-electron chi connectivity index (χ4n) is 4.03. The van der Waals surface area contributed by atoms with Crippen molar-refractivity contribution in [3.05, 3.63) is 28.7 Å². The number of carbonyl (C=O) groups is 2. The first kappa shape index (κ1) is 17.5. The minimum absolute atomic E-state index is 0.0374. The summed E-state index contributed by atoms with van der Waals surface area (Å²) in [7, 11) is 0. The van der Waals surface area contributed by atoms with Crippen molar-refractivity contribution in [2.24, 2.45) is 5.92 Å². The lowest BCUT2D eigenvalue weighted by Gasteiger charge is -2.34. The van der Waals surface area contributed by atoms with E-state index in [0.29, 0.717) is 19.0 Å². The molecule has 2 amide bonds. The van der Waals surface area contributed by atoms with E-state index in [1.54, 1.807) is 4.90 Å². The number of nitrogens with zero attached hydrogens (tertiary/aromatic N) is 2. The maximum absolute atomic E-state index is 13.1. The second-order valence-corrected chi connectivity index (χ2v) is 7.99. The van der Waals surface area contributed by atoms with Crippen molar-refractivity contribution in [1.29, 1.82) is 0 Å². The molecule has 3 rings (SSSR count). The molecule has 0 aromatic heterocycles. The van der Waals surface area contributed by atoms with E-state index in [-0.39, 0.29) is 23.8 Å². The Hall–Kier alpha value is -1.36. The van der Waals surface area contributed by atoms with Gasteiger partial charge in [-0.25, -0.2) is 0 Å². The average molecular weight is 393 g/mol. The minimum Gasteiger partial charge on any atom is -0.337 e. The fraction of sp³-hybridized carbons (Fsp3) is 0.579. The quantitative estimate of drug-likeness (QED) is 0.777. The molecule has 0 radical (unpaired) electrons. The van der Waals surface area contributed by atoms with Gasteiger partial charge in [0.1, 0.15) is 0 Å². The molecule has 2 aliphatic rings. The number of halogens is 1. The van der Waals surface area contributed by atoms with Gasteiger partial charge in [0, 0.05) is 29.5 Å². The summed E-state index contributed by atoms with van der Waals surface area (Å²) < 4.78 is 0.892. The molecule has 0 bridgehead atoms. The van der Waals surface area contributed by atoms with Crippen molar-refractivity contribution in [2.45, 2.75) is 58.0 Å². The molecular weight excluding hydrogens is 368 g/mol. The van der Waals surface area contributed by atoms with Gasteiger partial charge in [0.25, 0.3) is 0 Å². The van der Waals surface area contributed by atoms with Crippen molar-refractivity contribution in [1.82, 2.24) is 4.90 Å². The number of anilines is 1. The summed E-state index contributed by atoms with van der Waals surface area (Å²) in [4.78, 5) is 29.4. The lowest BCUT2D eigenvalue weighted by Crippen LogP contribution is -2.47. The molecule has 2 fully saturated rings. The Bertz CT molecular complexity index is 626. The lowest BCUT2D eigenvalue weighted by molar-refractivity contribution is -0.140. The first-order valence-electron chi connectivity index (χ1n) is 8.86. The van der Waals surface area contributed by atoms with Crippen LogP contribution in [0.5, 0.6) is 0 Å². The summed E-state index contributed by atoms with van der Waals surface area (Å²) in [5.41, 5.74) is 0.856. The first-order chi connectivity index (χ1) is 11.5. The number of benzene rings is 1. The summed E-state index contributed by atoms with van der Waals surface area (Å²) in [6.45, 7) is 4.65. The molecule has 1 aliphatic heterocycles. The van der Waals surface area contributed by atoms with Gasteiger partial charge in [-0.15, -0.1) is 0 Å². The zero-order chi connectivity index (χ0) is 17.3. The second kappa shape index (κ2) is 7.26. The van der Waals surface area contributed by atoms with Gasteiger partial charge in [0.15, 0.2) is 0 Å². The summed E-state index contributed by atoms with van der Waals surface area (Å²) in [6, 6.07) is 8.24. The lowest BCUT2D eigenvalue weighted by atomic mass is 10.0. The van der Waals surface area contributed by atoms with Gasteiger partial charge in [-0.2, -0.15) is 0 Å². The highest BCUT2D eigenvalue weighted by molar-refractivity contribution is 9.10. The van der Waals surface area contributed by atoms with Gasteiger partial charge in [-0.05, 0) is 54.8 Å². The zero-order valence-corrected chi connectivity index (χ0v) is 16.0. The average Bonchev–Trinajstić information content (AvgIpc) is 3.17. The maximum Gasteiger partial charge on any atom is 0.228 e. The molecule has 4 nitrogen and oxygen atoms in total. The number of para-hydroxylation sites is 1. The van der Waals surface area contributed by atoms with Gasteiger partial charge in [0.2, 0.25) is 11.8 Å². The molecule has 1 aliphatic carbocycles. The second-order valence-electron chi connectivity index (χ2n) is 7.13. The van der Waals surface area contributed by atoms with Crippen molar-refractivity contribution in [3.63, 3.8) is 0 Å². The third-order valence-corrected chi connectivity index (χ3v) is 5.82. The van der Waals surface area contributed by atoms with E-state index in [2.05, 4.69) is 34.7 Å². The van der Waals surface area contributed by atoms with Crippen molar-refractivity contribution in [3.8, 4) is 0 Å². The Morgan fingerprint density at radius 3 is 2.54 bits per heavy atom. The normalized spacial score (nSPS) is 21.8. The molecule has 1 saturated carbocycles. The van der Waals surface area contributed by atoms with Gasteiger partial charge < -0.3 is 9.80 Å². The van der Waals surface area contributed by atoms with Crippen molar-refractivity contribution < 1.29 is 9.59 Å². The summed E-state index contributed by atoms with van der Waals surface area (Å²) in [5.74, 6) is -0.0391. The molecule has 0 spiro atoms. The summed E-state index contributed by atoms with van der Waals surface area (Å²) in [5, 5.41) is 0.